The van der Waals surface area contributed by atoms with Gasteiger partial charge in [-0.3, -0.25) is 14.5 Å². The monoisotopic (exact) mass is 527 g/mol. The fourth-order valence-electron chi connectivity index (χ4n) is 4.61. The molecule has 0 bridgehead atoms. The molecule has 1 N–H and O–H groups in total. The number of benzene rings is 3. The molecule has 39 heavy (non-hydrogen) atoms. The molecule has 8 nitrogen and oxygen atoms in total. The number of aliphatic hydroxyl groups excluding tert-OH is 1. The third-order valence-corrected chi connectivity index (χ3v) is 6.53. The number of anilines is 1. The predicted molar refractivity (Wildman–Crippen MR) is 147 cm³/mol. The Bertz CT molecular complexity index is 1550. The van der Waals surface area contributed by atoms with Crippen molar-refractivity contribution in [1.82, 2.24) is 0 Å². The van der Waals surface area contributed by atoms with Crippen LogP contribution >= 0.6 is 0 Å². The number of ketones is 1. The van der Waals surface area contributed by atoms with Crippen LogP contribution in [0.2, 0.25) is 0 Å². The summed E-state index contributed by atoms with van der Waals surface area (Å²) in [5.74, 6) is 0.173. The second-order valence-corrected chi connectivity index (χ2v) is 9.63. The first-order valence-electron chi connectivity index (χ1n) is 12.6. The lowest BCUT2D eigenvalue weighted by atomic mass is 9.94. The Labute approximate surface area is 226 Å². The van der Waals surface area contributed by atoms with E-state index in [1.807, 2.05) is 0 Å². The van der Waals surface area contributed by atoms with Gasteiger partial charge in [-0.25, -0.2) is 0 Å². The highest BCUT2D eigenvalue weighted by atomic mass is 16.5. The van der Waals surface area contributed by atoms with E-state index in [9.17, 15) is 14.7 Å². The number of hydrogen-bond donors (Lipinski definition) is 1. The van der Waals surface area contributed by atoms with Crippen molar-refractivity contribution in [3.8, 4) is 17.2 Å². The highest BCUT2D eigenvalue weighted by Gasteiger charge is 2.45. The lowest BCUT2D eigenvalue weighted by Gasteiger charge is -2.27. The van der Waals surface area contributed by atoms with Crippen LogP contribution in [0, 0.1) is 5.92 Å². The van der Waals surface area contributed by atoms with Crippen LogP contribution in [-0.2, 0) is 4.79 Å². The van der Waals surface area contributed by atoms with Gasteiger partial charge in [0.15, 0.2) is 22.9 Å². The first-order chi connectivity index (χ1) is 18.8. The maximum atomic E-state index is 13.9. The van der Waals surface area contributed by atoms with Gasteiger partial charge < -0.3 is 23.7 Å². The maximum Gasteiger partial charge on any atom is 0.294 e. The standard InChI is InChI=1S/C31H29NO7/c1-18(2)17-38-23-14-10-21(11-15-23)32-27(19-8-12-22(36-3)13-9-19)26(29(34)31(32)35)28(33)25-16-20-6-5-7-24(37-4)30(20)39-25/h5-16,18,27,34H,17H2,1-4H3. The van der Waals surface area contributed by atoms with Gasteiger partial charge in [0.1, 0.15) is 11.5 Å². The van der Waals surface area contributed by atoms with Crippen molar-refractivity contribution in [2.45, 2.75) is 19.9 Å². The van der Waals surface area contributed by atoms with Crippen LogP contribution in [0.3, 0.4) is 0 Å². The van der Waals surface area contributed by atoms with Gasteiger partial charge in [-0.1, -0.05) is 38.1 Å². The predicted octanol–water partition coefficient (Wildman–Crippen LogP) is 6.27. The van der Waals surface area contributed by atoms with Crippen LogP contribution in [0.15, 0.2) is 88.5 Å². The van der Waals surface area contributed by atoms with E-state index in [2.05, 4.69) is 13.8 Å². The summed E-state index contributed by atoms with van der Waals surface area (Å²) in [6.07, 6.45) is 0. The largest absolute Gasteiger partial charge is 0.503 e. The number of fused-ring (bicyclic) bond motifs is 1. The van der Waals surface area contributed by atoms with E-state index in [1.54, 1.807) is 79.9 Å². The van der Waals surface area contributed by atoms with E-state index < -0.39 is 23.5 Å². The average Bonchev–Trinajstić information content (AvgIpc) is 3.51. The molecule has 8 heteroatoms. The zero-order valence-corrected chi connectivity index (χ0v) is 22.1. The fraction of sp³-hybridized carbons (Fsp3) is 0.226. The molecule has 200 valence electrons. The van der Waals surface area contributed by atoms with Crippen LogP contribution in [-0.4, -0.2) is 37.6 Å². The Balaban J connectivity index is 1.58. The van der Waals surface area contributed by atoms with E-state index in [0.717, 1.165) is 0 Å². The number of hydrogen-bond acceptors (Lipinski definition) is 7. The zero-order valence-electron chi connectivity index (χ0n) is 22.1. The first kappa shape index (κ1) is 25.9. The second kappa shape index (κ2) is 10.6. The number of carbonyl (C=O) groups is 2. The SMILES string of the molecule is COc1ccc(C2C(C(=O)c3cc4cccc(OC)c4o3)=C(O)C(=O)N2c2ccc(OCC(C)C)cc2)cc1. The molecule has 0 radical (unpaired) electrons. The molecule has 0 aliphatic carbocycles. The van der Waals surface area contributed by atoms with E-state index >= 15 is 0 Å². The molecule has 2 heterocycles. The quantitative estimate of drug-likeness (QED) is 0.256. The minimum absolute atomic E-state index is 0.0124. The summed E-state index contributed by atoms with van der Waals surface area (Å²) in [4.78, 5) is 28.8. The number of Topliss-reactive ketones (excluding diaryl/α,β-unsaturated/α-hetero) is 1. The number of nitrogens with zero attached hydrogens (tertiary/aromatic N) is 1. The summed E-state index contributed by atoms with van der Waals surface area (Å²) in [5, 5.41) is 11.7. The van der Waals surface area contributed by atoms with Gasteiger partial charge in [-0.15, -0.1) is 0 Å². The van der Waals surface area contributed by atoms with E-state index in [4.69, 9.17) is 18.6 Å². The minimum atomic E-state index is -0.909. The molecule has 1 aliphatic heterocycles. The van der Waals surface area contributed by atoms with Gasteiger partial charge in [-0.05, 0) is 60.0 Å². The van der Waals surface area contributed by atoms with E-state index in [1.165, 1.54) is 12.0 Å². The summed E-state index contributed by atoms with van der Waals surface area (Å²) in [7, 11) is 3.07. The molecular weight excluding hydrogens is 498 g/mol. The molecule has 1 aromatic heterocycles. The van der Waals surface area contributed by atoms with E-state index in [-0.39, 0.29) is 11.3 Å². The number of furan rings is 1. The van der Waals surface area contributed by atoms with Gasteiger partial charge in [0.05, 0.1) is 32.4 Å². The Morgan fingerprint density at radius 3 is 2.31 bits per heavy atom. The number of para-hydroxylation sites is 1. The lowest BCUT2D eigenvalue weighted by molar-refractivity contribution is -0.117. The topological polar surface area (TPSA) is 98.4 Å². The molecule has 1 unspecified atom stereocenters. The van der Waals surface area contributed by atoms with Crippen LogP contribution in [0.25, 0.3) is 11.0 Å². The minimum Gasteiger partial charge on any atom is -0.503 e. The fourth-order valence-corrected chi connectivity index (χ4v) is 4.61. The Morgan fingerprint density at radius 1 is 0.974 bits per heavy atom. The van der Waals surface area contributed by atoms with Gasteiger partial charge >= 0.3 is 0 Å². The van der Waals surface area contributed by atoms with Crippen molar-refractivity contribution >= 4 is 28.3 Å². The summed E-state index contributed by atoms with van der Waals surface area (Å²) < 4.78 is 22.3. The highest BCUT2D eigenvalue weighted by Crippen LogP contribution is 2.43. The summed E-state index contributed by atoms with van der Waals surface area (Å²) in [6, 6.07) is 20.0. The zero-order chi connectivity index (χ0) is 27.7. The molecule has 0 saturated heterocycles. The van der Waals surface area contributed by atoms with Crippen molar-refractivity contribution in [3.63, 3.8) is 0 Å². The lowest BCUT2D eigenvalue weighted by Crippen LogP contribution is -2.31. The van der Waals surface area contributed by atoms with Gasteiger partial charge in [0.25, 0.3) is 5.91 Å². The molecule has 1 atom stereocenters. The number of methoxy groups -OCH3 is 2. The molecule has 4 aromatic rings. The molecule has 5 rings (SSSR count). The summed E-state index contributed by atoms with van der Waals surface area (Å²) >= 11 is 0. The normalized spacial score (nSPS) is 15.4. The molecule has 1 amide bonds. The number of aliphatic hydroxyl groups is 1. The van der Waals surface area contributed by atoms with Crippen LogP contribution in [0.1, 0.15) is 36.0 Å². The van der Waals surface area contributed by atoms with E-state index in [0.29, 0.717) is 52.0 Å². The van der Waals surface area contributed by atoms with Crippen LogP contribution in [0.4, 0.5) is 5.69 Å². The summed E-state index contributed by atoms with van der Waals surface area (Å²) in [5.41, 5.74) is 1.44. The molecule has 0 saturated carbocycles. The third kappa shape index (κ3) is 4.81. The smallest absolute Gasteiger partial charge is 0.294 e. The van der Waals surface area contributed by atoms with Gasteiger partial charge in [0, 0.05) is 11.1 Å². The molecule has 0 spiro atoms. The van der Waals surface area contributed by atoms with Crippen molar-refractivity contribution < 1.29 is 33.3 Å². The second-order valence-electron chi connectivity index (χ2n) is 9.63. The van der Waals surface area contributed by atoms with Crippen LogP contribution in [0.5, 0.6) is 17.2 Å². The van der Waals surface area contributed by atoms with Gasteiger partial charge in [0.2, 0.25) is 5.78 Å². The number of ether oxygens (including phenoxy) is 3. The number of rotatable bonds is 9. The van der Waals surface area contributed by atoms with Crippen LogP contribution < -0.4 is 19.1 Å². The first-order valence-corrected chi connectivity index (χ1v) is 12.6. The van der Waals surface area contributed by atoms with Crippen molar-refractivity contribution in [2.75, 3.05) is 25.7 Å². The van der Waals surface area contributed by atoms with Gasteiger partial charge in [-0.2, -0.15) is 0 Å². The van der Waals surface area contributed by atoms with Crippen molar-refractivity contribution in [1.29, 1.82) is 0 Å². The summed E-state index contributed by atoms with van der Waals surface area (Å²) in [6.45, 7) is 4.67. The Hall–Kier alpha value is -4.72. The molecular formula is C31H29NO7. The highest BCUT2D eigenvalue weighted by molar-refractivity contribution is 6.20. The number of carbonyl (C=O) groups excluding carboxylic acids is 2. The molecule has 1 aliphatic rings. The molecule has 0 fully saturated rings. The van der Waals surface area contributed by atoms with Crippen molar-refractivity contribution in [2.24, 2.45) is 5.92 Å². The Kier molecular flexibility index (Phi) is 7.02. The number of amides is 1. The third-order valence-electron chi connectivity index (χ3n) is 6.53. The maximum absolute atomic E-state index is 13.9. The molecule has 3 aromatic carbocycles. The average molecular weight is 528 g/mol. The van der Waals surface area contributed by atoms with Crippen molar-refractivity contribution in [3.05, 3.63) is 95.5 Å². The Morgan fingerprint density at radius 2 is 1.67 bits per heavy atom.